The van der Waals surface area contributed by atoms with E-state index < -0.39 is 0 Å². The SMILES string of the molecule is O=C(NC1CC1)c1cc(N2CCN(CC(=O)N3CCc4ccccc43)CC2)nc2ccccc12. The predicted octanol–water partition coefficient (Wildman–Crippen LogP) is 2.84. The number of nitrogens with zero attached hydrogens (tertiary/aromatic N) is 4. The van der Waals surface area contributed by atoms with Crippen molar-refractivity contribution in [3.63, 3.8) is 0 Å². The molecule has 7 nitrogen and oxygen atoms in total. The Labute approximate surface area is 199 Å². The van der Waals surface area contributed by atoms with E-state index in [0.717, 1.165) is 74.4 Å². The third-order valence-corrected chi connectivity index (χ3v) is 7.10. The van der Waals surface area contributed by atoms with E-state index in [1.807, 2.05) is 53.4 Å². The van der Waals surface area contributed by atoms with E-state index in [2.05, 4.69) is 21.2 Å². The van der Waals surface area contributed by atoms with Gasteiger partial charge in [-0.2, -0.15) is 0 Å². The minimum absolute atomic E-state index is 0.0162. The van der Waals surface area contributed by atoms with Crippen molar-refractivity contribution in [3.05, 3.63) is 65.7 Å². The quantitative estimate of drug-likeness (QED) is 0.641. The lowest BCUT2D eigenvalue weighted by atomic mass is 10.1. The first-order valence-electron chi connectivity index (χ1n) is 12.2. The number of pyridine rings is 1. The van der Waals surface area contributed by atoms with Crippen LogP contribution in [0, 0.1) is 0 Å². The number of fused-ring (bicyclic) bond motifs is 2. The Hall–Kier alpha value is -3.45. The molecule has 0 radical (unpaired) electrons. The van der Waals surface area contributed by atoms with Gasteiger partial charge in [0.05, 0.1) is 17.6 Å². The zero-order valence-corrected chi connectivity index (χ0v) is 19.2. The maximum absolute atomic E-state index is 13.0. The fourth-order valence-electron chi connectivity index (χ4n) is 5.01. The third-order valence-electron chi connectivity index (χ3n) is 7.10. The smallest absolute Gasteiger partial charge is 0.252 e. The number of carbonyl (C=O) groups excluding carboxylic acids is 2. The number of amides is 2. The lowest BCUT2D eigenvalue weighted by Gasteiger charge is -2.36. The van der Waals surface area contributed by atoms with Crippen LogP contribution in [0.2, 0.25) is 0 Å². The zero-order chi connectivity index (χ0) is 23.1. The molecule has 7 heteroatoms. The molecule has 0 spiro atoms. The third kappa shape index (κ3) is 4.12. The monoisotopic (exact) mass is 455 g/mol. The highest BCUT2D eigenvalue weighted by Crippen LogP contribution is 2.28. The van der Waals surface area contributed by atoms with Crippen LogP contribution in [0.5, 0.6) is 0 Å². The number of aromatic nitrogens is 1. The number of hydrogen-bond donors (Lipinski definition) is 1. The lowest BCUT2D eigenvalue weighted by Crippen LogP contribution is -2.50. The van der Waals surface area contributed by atoms with E-state index in [0.29, 0.717) is 18.2 Å². The summed E-state index contributed by atoms with van der Waals surface area (Å²) in [6.45, 7) is 4.34. The van der Waals surface area contributed by atoms with Gasteiger partial charge in [-0.15, -0.1) is 0 Å². The molecule has 2 amide bonds. The van der Waals surface area contributed by atoms with Crippen molar-refractivity contribution in [1.29, 1.82) is 0 Å². The molecule has 0 bridgehead atoms. The van der Waals surface area contributed by atoms with Crippen molar-refractivity contribution < 1.29 is 9.59 Å². The molecule has 2 aromatic carbocycles. The van der Waals surface area contributed by atoms with Gasteiger partial charge in [-0.05, 0) is 43.0 Å². The van der Waals surface area contributed by atoms with Crippen LogP contribution < -0.4 is 15.1 Å². The van der Waals surface area contributed by atoms with Gasteiger partial charge in [0.15, 0.2) is 0 Å². The number of para-hydroxylation sites is 2. The molecule has 3 aromatic rings. The summed E-state index contributed by atoms with van der Waals surface area (Å²) >= 11 is 0. The highest BCUT2D eigenvalue weighted by Gasteiger charge is 2.28. The Balaban J connectivity index is 1.14. The van der Waals surface area contributed by atoms with Gasteiger partial charge in [-0.25, -0.2) is 4.98 Å². The number of anilines is 2. The van der Waals surface area contributed by atoms with Crippen molar-refractivity contribution in [3.8, 4) is 0 Å². The Morgan fingerprint density at radius 3 is 2.53 bits per heavy atom. The number of nitrogens with one attached hydrogen (secondary N) is 1. The molecule has 34 heavy (non-hydrogen) atoms. The fourth-order valence-corrected chi connectivity index (χ4v) is 5.01. The van der Waals surface area contributed by atoms with Crippen LogP contribution in [-0.4, -0.2) is 67.0 Å². The molecule has 2 aliphatic heterocycles. The van der Waals surface area contributed by atoms with E-state index in [1.54, 1.807) is 0 Å². The van der Waals surface area contributed by atoms with Gasteiger partial charge < -0.3 is 15.1 Å². The first-order chi connectivity index (χ1) is 16.7. The van der Waals surface area contributed by atoms with Gasteiger partial charge >= 0.3 is 0 Å². The maximum atomic E-state index is 13.0. The molecule has 2 fully saturated rings. The molecule has 1 saturated carbocycles. The summed E-state index contributed by atoms with van der Waals surface area (Å²) in [5.74, 6) is 0.984. The molecule has 0 atom stereocenters. The summed E-state index contributed by atoms with van der Waals surface area (Å²) < 4.78 is 0. The van der Waals surface area contributed by atoms with Crippen LogP contribution in [0.3, 0.4) is 0 Å². The number of hydrogen-bond acceptors (Lipinski definition) is 5. The minimum atomic E-state index is -0.0162. The molecule has 1 aromatic heterocycles. The standard InChI is InChI=1S/C27H29N5O2/c33-26(32-12-11-19-5-1-4-8-24(19)32)18-30-13-15-31(16-14-30)25-17-22(27(34)28-20-9-10-20)21-6-2-3-7-23(21)29-25/h1-8,17,20H,9-16,18H2,(H,28,34). The fraction of sp³-hybridized carbons (Fsp3) is 0.370. The van der Waals surface area contributed by atoms with Gasteiger partial charge in [0.1, 0.15) is 5.82 Å². The molecule has 1 aliphatic carbocycles. The van der Waals surface area contributed by atoms with Crippen molar-refractivity contribution in [2.45, 2.75) is 25.3 Å². The van der Waals surface area contributed by atoms with Crippen molar-refractivity contribution in [1.82, 2.24) is 15.2 Å². The number of benzene rings is 2. The lowest BCUT2D eigenvalue weighted by molar-refractivity contribution is -0.119. The van der Waals surface area contributed by atoms with Gasteiger partial charge in [-0.3, -0.25) is 14.5 Å². The van der Waals surface area contributed by atoms with E-state index in [1.165, 1.54) is 5.56 Å². The molecule has 3 aliphatic rings. The number of piperazine rings is 1. The number of carbonyl (C=O) groups is 2. The first-order valence-corrected chi connectivity index (χ1v) is 12.2. The van der Waals surface area contributed by atoms with Gasteiger partial charge in [0, 0.05) is 49.8 Å². The van der Waals surface area contributed by atoms with Gasteiger partial charge in [0.25, 0.3) is 5.91 Å². The second-order valence-electron chi connectivity index (χ2n) is 9.48. The summed E-state index contributed by atoms with van der Waals surface area (Å²) in [4.78, 5) is 37.2. The maximum Gasteiger partial charge on any atom is 0.252 e. The summed E-state index contributed by atoms with van der Waals surface area (Å²) in [5.41, 5.74) is 3.84. The van der Waals surface area contributed by atoms with Crippen LogP contribution in [0.25, 0.3) is 10.9 Å². The Morgan fingerprint density at radius 1 is 0.941 bits per heavy atom. The van der Waals surface area contributed by atoms with Gasteiger partial charge in [-0.1, -0.05) is 36.4 Å². The Morgan fingerprint density at radius 2 is 1.71 bits per heavy atom. The van der Waals surface area contributed by atoms with Crippen molar-refractivity contribution in [2.24, 2.45) is 0 Å². The zero-order valence-electron chi connectivity index (χ0n) is 19.2. The van der Waals surface area contributed by atoms with Crippen LogP contribution >= 0.6 is 0 Å². The van der Waals surface area contributed by atoms with Crippen LogP contribution in [0.15, 0.2) is 54.6 Å². The number of rotatable bonds is 5. The highest BCUT2D eigenvalue weighted by atomic mass is 16.2. The average Bonchev–Trinajstić information content (AvgIpc) is 3.58. The van der Waals surface area contributed by atoms with Gasteiger partial charge in [0.2, 0.25) is 5.91 Å². The predicted molar refractivity (Wildman–Crippen MR) is 133 cm³/mol. The Bertz CT molecular complexity index is 1250. The van der Waals surface area contributed by atoms with E-state index in [-0.39, 0.29) is 11.8 Å². The summed E-state index contributed by atoms with van der Waals surface area (Å²) in [7, 11) is 0. The molecule has 174 valence electrons. The topological polar surface area (TPSA) is 68.8 Å². The molecule has 0 unspecified atom stereocenters. The van der Waals surface area contributed by atoms with E-state index in [4.69, 9.17) is 4.98 Å². The summed E-state index contributed by atoms with van der Waals surface area (Å²) in [6.07, 6.45) is 3.05. The molecule has 1 saturated heterocycles. The largest absolute Gasteiger partial charge is 0.354 e. The minimum Gasteiger partial charge on any atom is -0.354 e. The van der Waals surface area contributed by atoms with E-state index >= 15 is 0 Å². The highest BCUT2D eigenvalue weighted by molar-refractivity contribution is 6.07. The molecule has 1 N–H and O–H groups in total. The summed E-state index contributed by atoms with van der Waals surface area (Å²) in [6, 6.07) is 18.3. The van der Waals surface area contributed by atoms with E-state index in [9.17, 15) is 9.59 Å². The normalized spacial score (nSPS) is 18.2. The van der Waals surface area contributed by atoms with Crippen LogP contribution in [0.1, 0.15) is 28.8 Å². The molecular weight excluding hydrogens is 426 g/mol. The molecular formula is C27H29N5O2. The molecule has 3 heterocycles. The van der Waals surface area contributed by atoms with Crippen molar-refractivity contribution >= 4 is 34.2 Å². The van der Waals surface area contributed by atoms with Crippen LogP contribution in [-0.2, 0) is 11.2 Å². The second kappa shape index (κ2) is 8.72. The Kier molecular flexibility index (Phi) is 5.41. The summed E-state index contributed by atoms with van der Waals surface area (Å²) in [5, 5.41) is 4.01. The van der Waals surface area contributed by atoms with Crippen LogP contribution in [0.4, 0.5) is 11.5 Å². The van der Waals surface area contributed by atoms with Crippen molar-refractivity contribution in [2.75, 3.05) is 49.1 Å². The first kappa shape index (κ1) is 21.1. The average molecular weight is 456 g/mol. The molecule has 6 rings (SSSR count). The second-order valence-corrected chi connectivity index (χ2v) is 9.48.